The van der Waals surface area contributed by atoms with Crippen molar-refractivity contribution in [3.63, 3.8) is 0 Å². The van der Waals surface area contributed by atoms with Gasteiger partial charge in [-0.25, -0.2) is 4.98 Å². The maximum atomic E-state index is 4.53. The van der Waals surface area contributed by atoms with Gasteiger partial charge in [-0.2, -0.15) is 5.10 Å². The van der Waals surface area contributed by atoms with Gasteiger partial charge in [0.05, 0.1) is 12.2 Å². The molecule has 0 N–H and O–H groups in total. The molecule has 0 fully saturated rings. The zero-order valence-electron chi connectivity index (χ0n) is 10.8. The Labute approximate surface area is 102 Å². The standard InChI is InChI=1S/C13H18N4/c1-10-6-5-7-13(15-10)17(4)11(2)12-8-14-16(3)9-12/h5-9,11H,1-4H3. The molecule has 17 heavy (non-hydrogen) atoms. The van der Waals surface area contributed by atoms with E-state index in [4.69, 9.17) is 0 Å². The van der Waals surface area contributed by atoms with Crippen molar-refractivity contribution in [3.8, 4) is 0 Å². The molecule has 1 unspecified atom stereocenters. The van der Waals surface area contributed by atoms with Gasteiger partial charge in [0.25, 0.3) is 0 Å². The Morgan fingerprint density at radius 2 is 2.12 bits per heavy atom. The van der Waals surface area contributed by atoms with E-state index in [9.17, 15) is 0 Å². The second kappa shape index (κ2) is 4.57. The van der Waals surface area contributed by atoms with Gasteiger partial charge in [-0.15, -0.1) is 0 Å². The monoisotopic (exact) mass is 230 g/mol. The third-order valence-corrected chi connectivity index (χ3v) is 3.02. The third kappa shape index (κ3) is 2.46. The van der Waals surface area contributed by atoms with Gasteiger partial charge in [0.1, 0.15) is 5.82 Å². The molecule has 0 saturated heterocycles. The number of hydrogen-bond acceptors (Lipinski definition) is 3. The fraction of sp³-hybridized carbons (Fsp3) is 0.385. The van der Waals surface area contributed by atoms with Crippen molar-refractivity contribution in [1.82, 2.24) is 14.8 Å². The van der Waals surface area contributed by atoms with Crippen LogP contribution in [0.1, 0.15) is 24.2 Å². The Bertz CT molecular complexity index is 504. The first-order valence-electron chi connectivity index (χ1n) is 5.73. The molecule has 0 spiro atoms. The molecule has 2 aromatic heterocycles. The number of nitrogens with zero attached hydrogens (tertiary/aromatic N) is 4. The van der Waals surface area contributed by atoms with E-state index in [0.29, 0.717) is 0 Å². The summed E-state index contributed by atoms with van der Waals surface area (Å²) in [7, 11) is 3.99. The SMILES string of the molecule is Cc1cccc(N(C)C(C)c2cnn(C)c2)n1. The van der Waals surface area contributed by atoms with Crippen LogP contribution in [0.15, 0.2) is 30.6 Å². The zero-order chi connectivity index (χ0) is 12.4. The normalized spacial score (nSPS) is 12.5. The molecule has 0 aromatic carbocycles. The van der Waals surface area contributed by atoms with Crippen LogP contribution in [-0.4, -0.2) is 21.8 Å². The van der Waals surface area contributed by atoms with Gasteiger partial charge in [-0.3, -0.25) is 4.68 Å². The summed E-state index contributed by atoms with van der Waals surface area (Å²) in [5.74, 6) is 0.987. The molecule has 4 nitrogen and oxygen atoms in total. The average Bonchev–Trinajstić information content (AvgIpc) is 2.74. The molecule has 0 aliphatic rings. The highest BCUT2D eigenvalue weighted by Gasteiger charge is 2.14. The van der Waals surface area contributed by atoms with Crippen LogP contribution in [0, 0.1) is 6.92 Å². The number of anilines is 1. The molecule has 0 bridgehead atoms. The topological polar surface area (TPSA) is 34.0 Å². The van der Waals surface area contributed by atoms with Crippen molar-refractivity contribution < 1.29 is 0 Å². The molecule has 1 atom stereocenters. The van der Waals surface area contributed by atoms with Gasteiger partial charge in [0.2, 0.25) is 0 Å². The highest BCUT2D eigenvalue weighted by Crippen LogP contribution is 2.23. The van der Waals surface area contributed by atoms with E-state index >= 15 is 0 Å². The number of pyridine rings is 1. The van der Waals surface area contributed by atoms with Crippen LogP contribution >= 0.6 is 0 Å². The third-order valence-electron chi connectivity index (χ3n) is 3.02. The Kier molecular flexibility index (Phi) is 3.13. The van der Waals surface area contributed by atoms with Crippen LogP contribution in [0.2, 0.25) is 0 Å². The molecule has 0 radical (unpaired) electrons. The Morgan fingerprint density at radius 3 is 2.71 bits per heavy atom. The maximum absolute atomic E-state index is 4.53. The van der Waals surface area contributed by atoms with Gasteiger partial charge >= 0.3 is 0 Å². The molecular weight excluding hydrogens is 212 g/mol. The lowest BCUT2D eigenvalue weighted by molar-refractivity contribution is 0.722. The molecule has 0 saturated carbocycles. The quantitative estimate of drug-likeness (QED) is 0.811. The largest absolute Gasteiger partial charge is 0.353 e. The highest BCUT2D eigenvalue weighted by molar-refractivity contribution is 5.41. The first-order valence-corrected chi connectivity index (χ1v) is 5.73. The lowest BCUT2D eigenvalue weighted by Crippen LogP contribution is -2.22. The summed E-state index contributed by atoms with van der Waals surface area (Å²) in [6, 6.07) is 6.33. The summed E-state index contributed by atoms with van der Waals surface area (Å²) >= 11 is 0. The molecule has 0 aliphatic carbocycles. The predicted octanol–water partition coefficient (Wildman–Crippen LogP) is 2.32. The van der Waals surface area contributed by atoms with E-state index in [1.54, 1.807) is 0 Å². The number of aromatic nitrogens is 3. The second-order valence-corrected chi connectivity index (χ2v) is 4.37. The van der Waals surface area contributed by atoms with Crippen LogP contribution in [0.5, 0.6) is 0 Å². The summed E-state index contributed by atoms with van der Waals surface area (Å²) in [5, 5.41) is 4.20. The summed E-state index contributed by atoms with van der Waals surface area (Å²) in [5.41, 5.74) is 2.23. The number of aryl methyl sites for hydroxylation is 2. The Morgan fingerprint density at radius 1 is 1.35 bits per heavy atom. The van der Waals surface area contributed by atoms with Crippen molar-refractivity contribution >= 4 is 5.82 Å². The average molecular weight is 230 g/mol. The molecule has 2 aromatic rings. The molecule has 0 aliphatic heterocycles. The smallest absolute Gasteiger partial charge is 0.129 e. The zero-order valence-corrected chi connectivity index (χ0v) is 10.8. The van der Waals surface area contributed by atoms with Crippen LogP contribution in [0.3, 0.4) is 0 Å². The molecule has 4 heteroatoms. The van der Waals surface area contributed by atoms with E-state index in [2.05, 4.69) is 29.0 Å². The van der Waals surface area contributed by atoms with E-state index in [1.165, 1.54) is 5.56 Å². The van der Waals surface area contributed by atoms with Crippen molar-refractivity contribution in [2.75, 3.05) is 11.9 Å². The molecule has 2 rings (SSSR count). The van der Waals surface area contributed by atoms with Crippen molar-refractivity contribution in [3.05, 3.63) is 41.9 Å². The lowest BCUT2D eigenvalue weighted by Gasteiger charge is -2.25. The number of rotatable bonds is 3. The van der Waals surface area contributed by atoms with E-state index < -0.39 is 0 Å². The summed E-state index contributed by atoms with van der Waals surface area (Å²) in [6.07, 6.45) is 3.94. The summed E-state index contributed by atoms with van der Waals surface area (Å²) < 4.78 is 1.82. The van der Waals surface area contributed by atoms with Crippen LogP contribution in [0.4, 0.5) is 5.82 Å². The maximum Gasteiger partial charge on any atom is 0.129 e. The molecule has 90 valence electrons. The van der Waals surface area contributed by atoms with E-state index in [0.717, 1.165) is 11.5 Å². The van der Waals surface area contributed by atoms with Gasteiger partial charge in [-0.1, -0.05) is 6.07 Å². The van der Waals surface area contributed by atoms with Crippen LogP contribution < -0.4 is 4.90 Å². The Hall–Kier alpha value is -1.84. The first-order chi connectivity index (χ1) is 8.08. The fourth-order valence-corrected chi connectivity index (χ4v) is 1.80. The Balaban J connectivity index is 2.22. The van der Waals surface area contributed by atoms with E-state index in [1.807, 2.05) is 49.2 Å². The van der Waals surface area contributed by atoms with Crippen LogP contribution in [0.25, 0.3) is 0 Å². The van der Waals surface area contributed by atoms with Gasteiger partial charge in [0.15, 0.2) is 0 Å². The van der Waals surface area contributed by atoms with Crippen molar-refractivity contribution in [2.45, 2.75) is 19.9 Å². The minimum Gasteiger partial charge on any atom is -0.353 e. The van der Waals surface area contributed by atoms with Gasteiger partial charge in [-0.05, 0) is 26.0 Å². The first kappa shape index (κ1) is 11.6. The fourth-order valence-electron chi connectivity index (χ4n) is 1.80. The van der Waals surface area contributed by atoms with Crippen molar-refractivity contribution in [2.24, 2.45) is 7.05 Å². The number of hydrogen-bond donors (Lipinski definition) is 0. The highest BCUT2D eigenvalue weighted by atomic mass is 15.3. The van der Waals surface area contributed by atoms with Gasteiger partial charge in [0, 0.05) is 31.5 Å². The molecule has 2 heterocycles. The van der Waals surface area contributed by atoms with Crippen LogP contribution in [-0.2, 0) is 7.05 Å². The lowest BCUT2D eigenvalue weighted by atomic mass is 10.1. The van der Waals surface area contributed by atoms with E-state index in [-0.39, 0.29) is 6.04 Å². The summed E-state index contributed by atoms with van der Waals surface area (Å²) in [6.45, 7) is 4.16. The minimum atomic E-state index is 0.262. The van der Waals surface area contributed by atoms with Crippen molar-refractivity contribution in [1.29, 1.82) is 0 Å². The summed E-state index contributed by atoms with van der Waals surface area (Å²) in [4.78, 5) is 6.68. The minimum absolute atomic E-state index is 0.262. The van der Waals surface area contributed by atoms with Gasteiger partial charge < -0.3 is 4.90 Å². The predicted molar refractivity (Wildman–Crippen MR) is 69.0 cm³/mol. The molecular formula is C13H18N4. The second-order valence-electron chi connectivity index (χ2n) is 4.37. The molecule has 0 amide bonds.